The fourth-order valence-electron chi connectivity index (χ4n) is 3.56. The largest absolute Gasteiger partial charge is 0.493 e. The Kier molecular flexibility index (Phi) is 3.29. The summed E-state index contributed by atoms with van der Waals surface area (Å²) < 4.78 is 29.7. The SMILES string of the molecule is CS(=O)(=O)C1CCCC1(O)c1cccc2c1OCCC2. The highest BCUT2D eigenvalue weighted by Crippen LogP contribution is 2.47. The molecule has 4 nitrogen and oxygen atoms in total. The predicted molar refractivity (Wildman–Crippen MR) is 76.6 cm³/mol. The van der Waals surface area contributed by atoms with E-state index in [2.05, 4.69) is 0 Å². The van der Waals surface area contributed by atoms with Crippen molar-refractivity contribution in [3.63, 3.8) is 0 Å². The van der Waals surface area contributed by atoms with Crippen LogP contribution in [0, 0.1) is 0 Å². The van der Waals surface area contributed by atoms with E-state index >= 15 is 0 Å². The Labute approximate surface area is 119 Å². The van der Waals surface area contributed by atoms with Crippen LogP contribution < -0.4 is 4.74 Å². The number of fused-ring (bicyclic) bond motifs is 1. The monoisotopic (exact) mass is 296 g/mol. The summed E-state index contributed by atoms with van der Waals surface area (Å²) in [7, 11) is -3.29. The molecule has 0 spiro atoms. The molecule has 1 fully saturated rings. The van der Waals surface area contributed by atoms with E-state index in [-0.39, 0.29) is 0 Å². The maximum Gasteiger partial charge on any atom is 0.153 e. The van der Waals surface area contributed by atoms with Crippen LogP contribution in [0.3, 0.4) is 0 Å². The van der Waals surface area contributed by atoms with E-state index in [0.717, 1.165) is 24.8 Å². The van der Waals surface area contributed by atoms with Gasteiger partial charge in [0.25, 0.3) is 0 Å². The highest BCUT2D eigenvalue weighted by atomic mass is 32.2. The fourth-order valence-corrected chi connectivity index (χ4v) is 5.11. The van der Waals surface area contributed by atoms with Crippen LogP contribution in [-0.4, -0.2) is 31.6 Å². The van der Waals surface area contributed by atoms with Gasteiger partial charge in [0.2, 0.25) is 0 Å². The van der Waals surface area contributed by atoms with Gasteiger partial charge in [-0.2, -0.15) is 0 Å². The predicted octanol–water partition coefficient (Wildman–Crippen LogP) is 1.80. The average Bonchev–Trinajstić information content (AvgIpc) is 2.81. The molecule has 5 heteroatoms. The van der Waals surface area contributed by atoms with Gasteiger partial charge in [-0.1, -0.05) is 18.2 Å². The molecule has 2 atom stereocenters. The molecule has 0 radical (unpaired) electrons. The van der Waals surface area contributed by atoms with E-state index in [1.54, 1.807) is 0 Å². The highest BCUT2D eigenvalue weighted by Gasteiger charge is 2.49. The van der Waals surface area contributed by atoms with E-state index in [1.165, 1.54) is 6.26 Å². The molecule has 1 aliphatic heterocycles. The quantitative estimate of drug-likeness (QED) is 0.904. The third kappa shape index (κ3) is 2.13. The van der Waals surface area contributed by atoms with E-state index < -0.39 is 20.7 Å². The van der Waals surface area contributed by atoms with Gasteiger partial charge in [0.1, 0.15) is 11.4 Å². The summed E-state index contributed by atoms with van der Waals surface area (Å²) in [5, 5.41) is 10.3. The molecule has 1 aliphatic carbocycles. The lowest BCUT2D eigenvalue weighted by molar-refractivity contribution is 0.0438. The topological polar surface area (TPSA) is 63.6 Å². The molecule has 1 aromatic rings. The molecule has 2 aliphatic rings. The number of benzene rings is 1. The number of rotatable bonds is 2. The zero-order valence-electron chi connectivity index (χ0n) is 11.6. The lowest BCUT2D eigenvalue weighted by atomic mass is 9.88. The summed E-state index contributed by atoms with van der Waals surface area (Å²) in [6.07, 6.45) is 4.80. The van der Waals surface area contributed by atoms with Crippen LogP contribution in [0.4, 0.5) is 0 Å². The van der Waals surface area contributed by atoms with Crippen molar-refractivity contribution in [2.24, 2.45) is 0 Å². The van der Waals surface area contributed by atoms with Crippen molar-refractivity contribution >= 4 is 9.84 Å². The number of sulfone groups is 1. The molecule has 1 aromatic carbocycles. The van der Waals surface area contributed by atoms with E-state index in [0.29, 0.717) is 30.8 Å². The molecule has 110 valence electrons. The van der Waals surface area contributed by atoms with Crippen LogP contribution in [0.5, 0.6) is 5.75 Å². The first-order valence-corrected chi connectivity index (χ1v) is 9.05. The molecular weight excluding hydrogens is 276 g/mol. The number of hydrogen-bond donors (Lipinski definition) is 1. The number of aryl methyl sites for hydroxylation is 1. The summed E-state index contributed by atoms with van der Waals surface area (Å²) in [6.45, 7) is 0.629. The minimum Gasteiger partial charge on any atom is -0.493 e. The summed E-state index contributed by atoms with van der Waals surface area (Å²) in [6, 6.07) is 5.69. The van der Waals surface area contributed by atoms with Crippen LogP contribution in [0.15, 0.2) is 18.2 Å². The van der Waals surface area contributed by atoms with Crippen molar-refractivity contribution in [2.75, 3.05) is 12.9 Å². The molecule has 0 aromatic heterocycles. The Hall–Kier alpha value is -1.07. The normalized spacial score (nSPS) is 29.8. The van der Waals surface area contributed by atoms with Crippen molar-refractivity contribution in [2.45, 2.75) is 43.0 Å². The van der Waals surface area contributed by atoms with Gasteiger partial charge in [0.05, 0.1) is 11.9 Å². The molecule has 20 heavy (non-hydrogen) atoms. The number of para-hydroxylation sites is 1. The van der Waals surface area contributed by atoms with Gasteiger partial charge in [-0.25, -0.2) is 8.42 Å². The number of aliphatic hydroxyl groups is 1. The Balaban J connectivity index is 2.12. The Bertz CT molecular complexity index is 623. The molecule has 0 saturated heterocycles. The molecule has 0 amide bonds. The second-order valence-electron chi connectivity index (χ2n) is 5.88. The highest BCUT2D eigenvalue weighted by molar-refractivity contribution is 7.91. The van der Waals surface area contributed by atoms with Crippen LogP contribution in [0.25, 0.3) is 0 Å². The van der Waals surface area contributed by atoms with Gasteiger partial charge in [0.15, 0.2) is 9.84 Å². The zero-order chi connectivity index (χ0) is 14.4. The fraction of sp³-hybridized carbons (Fsp3) is 0.600. The minimum absolute atomic E-state index is 0.477. The lowest BCUT2D eigenvalue weighted by Crippen LogP contribution is -2.40. The van der Waals surface area contributed by atoms with Gasteiger partial charge in [-0.15, -0.1) is 0 Å². The van der Waals surface area contributed by atoms with Crippen LogP contribution >= 0.6 is 0 Å². The van der Waals surface area contributed by atoms with E-state index in [1.807, 2.05) is 18.2 Å². The van der Waals surface area contributed by atoms with E-state index in [9.17, 15) is 13.5 Å². The number of ether oxygens (including phenoxy) is 1. The Morgan fingerprint density at radius 2 is 2.15 bits per heavy atom. The average molecular weight is 296 g/mol. The lowest BCUT2D eigenvalue weighted by Gasteiger charge is -2.33. The smallest absolute Gasteiger partial charge is 0.153 e. The van der Waals surface area contributed by atoms with Crippen molar-refractivity contribution in [1.29, 1.82) is 0 Å². The zero-order valence-corrected chi connectivity index (χ0v) is 12.4. The maximum atomic E-state index is 12.0. The minimum atomic E-state index is -3.29. The number of hydrogen-bond acceptors (Lipinski definition) is 4. The van der Waals surface area contributed by atoms with Gasteiger partial charge < -0.3 is 9.84 Å². The van der Waals surface area contributed by atoms with Crippen LogP contribution in [0.1, 0.15) is 36.8 Å². The third-order valence-electron chi connectivity index (χ3n) is 4.47. The molecule has 1 heterocycles. The van der Waals surface area contributed by atoms with Gasteiger partial charge in [0, 0.05) is 11.8 Å². The Morgan fingerprint density at radius 3 is 2.90 bits per heavy atom. The molecular formula is C15H20O4S. The van der Waals surface area contributed by atoms with Gasteiger partial charge in [-0.3, -0.25) is 0 Å². The first kappa shape index (κ1) is 13.9. The van der Waals surface area contributed by atoms with E-state index in [4.69, 9.17) is 4.74 Å². The summed E-state index contributed by atoms with van der Waals surface area (Å²) in [5.74, 6) is 0.705. The van der Waals surface area contributed by atoms with Gasteiger partial charge in [-0.05, 0) is 37.7 Å². The first-order chi connectivity index (χ1) is 9.43. The van der Waals surface area contributed by atoms with Crippen molar-refractivity contribution < 1.29 is 18.3 Å². The summed E-state index contributed by atoms with van der Waals surface area (Å²) >= 11 is 0. The first-order valence-electron chi connectivity index (χ1n) is 7.09. The second-order valence-corrected chi connectivity index (χ2v) is 8.11. The molecule has 1 N–H and O–H groups in total. The van der Waals surface area contributed by atoms with Gasteiger partial charge >= 0.3 is 0 Å². The van der Waals surface area contributed by atoms with Crippen molar-refractivity contribution in [3.05, 3.63) is 29.3 Å². The third-order valence-corrected chi connectivity index (χ3v) is 6.13. The second kappa shape index (κ2) is 4.74. The molecule has 0 bridgehead atoms. The molecule has 2 unspecified atom stereocenters. The standard InChI is InChI=1S/C15H20O4S/c1-20(17,18)13-8-3-9-15(13,16)12-7-2-5-11-6-4-10-19-14(11)12/h2,5,7,13,16H,3-4,6,8-10H2,1H3. The maximum absolute atomic E-state index is 12.0. The molecule has 1 saturated carbocycles. The van der Waals surface area contributed by atoms with Crippen LogP contribution in [0.2, 0.25) is 0 Å². The summed E-state index contributed by atoms with van der Waals surface area (Å²) in [4.78, 5) is 0. The Morgan fingerprint density at radius 1 is 1.35 bits per heavy atom. The summed E-state index contributed by atoms with van der Waals surface area (Å²) in [5.41, 5.74) is 0.417. The van der Waals surface area contributed by atoms with Crippen LogP contribution in [-0.2, 0) is 21.9 Å². The molecule has 3 rings (SSSR count). The van der Waals surface area contributed by atoms with Crippen molar-refractivity contribution in [1.82, 2.24) is 0 Å². The van der Waals surface area contributed by atoms with Crippen molar-refractivity contribution in [3.8, 4) is 5.75 Å².